The van der Waals surface area contributed by atoms with Crippen LogP contribution >= 0.6 is 0 Å². The van der Waals surface area contributed by atoms with Gasteiger partial charge in [-0.2, -0.15) is 0 Å². The highest BCUT2D eigenvalue weighted by molar-refractivity contribution is 5.68. The Labute approximate surface area is 129 Å². The predicted molar refractivity (Wildman–Crippen MR) is 86.8 cm³/mol. The van der Waals surface area contributed by atoms with Crippen molar-refractivity contribution < 1.29 is 0 Å². The van der Waals surface area contributed by atoms with E-state index in [9.17, 15) is 0 Å². The second-order valence-electron chi connectivity index (χ2n) is 6.00. The van der Waals surface area contributed by atoms with Crippen molar-refractivity contribution in [1.82, 2.24) is 19.6 Å². The third-order valence-corrected chi connectivity index (χ3v) is 4.42. The second-order valence-corrected chi connectivity index (χ2v) is 6.00. The van der Waals surface area contributed by atoms with E-state index in [0.29, 0.717) is 0 Å². The van der Waals surface area contributed by atoms with Crippen LogP contribution in [0.4, 0.5) is 5.82 Å². The molecule has 1 saturated heterocycles. The van der Waals surface area contributed by atoms with Gasteiger partial charge in [0, 0.05) is 31.0 Å². The summed E-state index contributed by atoms with van der Waals surface area (Å²) in [6, 6.07) is 10.2. The Morgan fingerprint density at radius 2 is 1.82 bits per heavy atom. The molecule has 1 fully saturated rings. The predicted octanol–water partition coefficient (Wildman–Crippen LogP) is 3.03. The summed E-state index contributed by atoms with van der Waals surface area (Å²) in [6.45, 7) is 4.40. The van der Waals surface area contributed by atoms with Gasteiger partial charge in [-0.1, -0.05) is 37.3 Å². The van der Waals surface area contributed by atoms with Gasteiger partial charge in [0.1, 0.15) is 0 Å². The molecule has 5 nitrogen and oxygen atoms in total. The van der Waals surface area contributed by atoms with E-state index >= 15 is 0 Å². The molecule has 0 aliphatic carbocycles. The minimum atomic E-state index is 0.800. The van der Waals surface area contributed by atoms with Crippen molar-refractivity contribution in [2.45, 2.75) is 19.8 Å². The van der Waals surface area contributed by atoms with Gasteiger partial charge >= 0.3 is 0 Å². The Kier molecular flexibility index (Phi) is 3.25. The minimum absolute atomic E-state index is 0.800. The zero-order valence-electron chi connectivity index (χ0n) is 12.7. The molecule has 5 heteroatoms. The first kappa shape index (κ1) is 13.2. The fraction of sp³-hybridized carbons (Fsp3) is 0.353. The van der Waals surface area contributed by atoms with Crippen molar-refractivity contribution in [3.63, 3.8) is 0 Å². The molecule has 112 valence electrons. The van der Waals surface area contributed by atoms with Crippen LogP contribution in [0.1, 0.15) is 19.8 Å². The number of rotatable bonds is 2. The van der Waals surface area contributed by atoms with Gasteiger partial charge in [-0.25, -0.2) is 4.98 Å². The summed E-state index contributed by atoms with van der Waals surface area (Å²) in [5.74, 6) is 2.61. The molecule has 3 aromatic rings. The number of fused-ring (bicyclic) bond motifs is 1. The number of benzene rings is 1. The van der Waals surface area contributed by atoms with Gasteiger partial charge in [0.25, 0.3) is 0 Å². The van der Waals surface area contributed by atoms with Crippen molar-refractivity contribution in [3.8, 4) is 11.4 Å². The summed E-state index contributed by atoms with van der Waals surface area (Å²) >= 11 is 0. The van der Waals surface area contributed by atoms with Gasteiger partial charge in [-0.05, 0) is 18.8 Å². The van der Waals surface area contributed by atoms with Crippen LogP contribution in [0.2, 0.25) is 0 Å². The van der Waals surface area contributed by atoms with E-state index in [2.05, 4.69) is 39.1 Å². The highest BCUT2D eigenvalue weighted by Crippen LogP contribution is 2.26. The van der Waals surface area contributed by atoms with Gasteiger partial charge in [0.05, 0.1) is 0 Å². The second kappa shape index (κ2) is 5.40. The SMILES string of the molecule is CC1CCN(c2nccn3c(-c4ccccc4)nnc23)CC1. The number of nitrogens with zero attached hydrogens (tertiary/aromatic N) is 5. The van der Waals surface area contributed by atoms with Gasteiger partial charge < -0.3 is 4.90 Å². The molecule has 0 amide bonds. The van der Waals surface area contributed by atoms with Crippen LogP contribution in [0.25, 0.3) is 17.0 Å². The Bertz CT molecular complexity index is 772. The fourth-order valence-corrected chi connectivity index (χ4v) is 3.04. The highest BCUT2D eigenvalue weighted by Gasteiger charge is 2.21. The van der Waals surface area contributed by atoms with E-state index in [-0.39, 0.29) is 0 Å². The number of hydrogen-bond acceptors (Lipinski definition) is 4. The number of piperidine rings is 1. The normalized spacial score (nSPS) is 16.3. The molecule has 0 unspecified atom stereocenters. The fourth-order valence-electron chi connectivity index (χ4n) is 3.04. The standard InChI is InChI=1S/C17H19N5/c1-13-7-10-21(11-8-13)16-17-20-19-15(22(17)12-9-18-16)14-5-3-2-4-6-14/h2-6,9,12-13H,7-8,10-11H2,1H3. The Morgan fingerprint density at radius 3 is 2.59 bits per heavy atom. The maximum Gasteiger partial charge on any atom is 0.204 e. The minimum Gasteiger partial charge on any atom is -0.353 e. The Balaban J connectivity index is 1.77. The molecule has 4 rings (SSSR count). The zero-order chi connectivity index (χ0) is 14.9. The lowest BCUT2D eigenvalue weighted by atomic mass is 9.99. The van der Waals surface area contributed by atoms with Gasteiger partial charge in [-0.15, -0.1) is 10.2 Å². The van der Waals surface area contributed by atoms with E-state index in [0.717, 1.165) is 41.9 Å². The summed E-state index contributed by atoms with van der Waals surface area (Å²) in [4.78, 5) is 6.90. The number of aromatic nitrogens is 4. The summed E-state index contributed by atoms with van der Waals surface area (Å²) < 4.78 is 2.04. The van der Waals surface area contributed by atoms with Crippen LogP contribution in [0.15, 0.2) is 42.7 Å². The maximum atomic E-state index is 4.57. The summed E-state index contributed by atoms with van der Waals surface area (Å²) in [5, 5.41) is 8.78. The van der Waals surface area contributed by atoms with Crippen LogP contribution in [0.5, 0.6) is 0 Å². The average molecular weight is 293 g/mol. The topological polar surface area (TPSA) is 46.3 Å². The summed E-state index contributed by atoms with van der Waals surface area (Å²) in [7, 11) is 0. The molecule has 1 aliphatic rings. The van der Waals surface area contributed by atoms with E-state index < -0.39 is 0 Å². The van der Waals surface area contributed by atoms with E-state index in [4.69, 9.17) is 0 Å². The van der Waals surface area contributed by atoms with E-state index in [1.54, 1.807) is 0 Å². The molecule has 1 aromatic carbocycles. The van der Waals surface area contributed by atoms with Crippen LogP contribution in [0, 0.1) is 5.92 Å². The molecule has 3 heterocycles. The third-order valence-electron chi connectivity index (χ3n) is 4.42. The molecular weight excluding hydrogens is 274 g/mol. The largest absolute Gasteiger partial charge is 0.353 e. The monoisotopic (exact) mass is 293 g/mol. The average Bonchev–Trinajstić information content (AvgIpc) is 3.00. The van der Waals surface area contributed by atoms with Crippen LogP contribution in [0.3, 0.4) is 0 Å². The molecule has 0 spiro atoms. The number of hydrogen-bond donors (Lipinski definition) is 0. The van der Waals surface area contributed by atoms with Crippen molar-refractivity contribution in [2.75, 3.05) is 18.0 Å². The quantitative estimate of drug-likeness (QED) is 0.728. The lowest BCUT2D eigenvalue weighted by Crippen LogP contribution is -2.33. The summed E-state index contributed by atoms with van der Waals surface area (Å²) in [6.07, 6.45) is 6.20. The van der Waals surface area contributed by atoms with E-state index in [1.807, 2.05) is 35.0 Å². The third kappa shape index (κ3) is 2.22. The van der Waals surface area contributed by atoms with Crippen molar-refractivity contribution >= 4 is 11.5 Å². The first-order chi connectivity index (χ1) is 10.8. The van der Waals surface area contributed by atoms with Gasteiger partial charge in [0.15, 0.2) is 11.6 Å². The molecule has 1 aliphatic heterocycles. The molecule has 22 heavy (non-hydrogen) atoms. The smallest absolute Gasteiger partial charge is 0.204 e. The van der Waals surface area contributed by atoms with Crippen LogP contribution < -0.4 is 4.90 Å². The molecule has 0 atom stereocenters. The zero-order valence-corrected chi connectivity index (χ0v) is 12.7. The van der Waals surface area contributed by atoms with Crippen molar-refractivity contribution in [3.05, 3.63) is 42.7 Å². The first-order valence-electron chi connectivity index (χ1n) is 7.83. The molecule has 0 radical (unpaired) electrons. The molecule has 0 saturated carbocycles. The lowest BCUT2D eigenvalue weighted by Gasteiger charge is -2.31. The van der Waals surface area contributed by atoms with Crippen LogP contribution in [-0.4, -0.2) is 32.7 Å². The first-order valence-corrected chi connectivity index (χ1v) is 7.83. The van der Waals surface area contributed by atoms with Gasteiger partial charge in [0.2, 0.25) is 5.65 Å². The van der Waals surface area contributed by atoms with Crippen LogP contribution in [-0.2, 0) is 0 Å². The van der Waals surface area contributed by atoms with E-state index in [1.165, 1.54) is 12.8 Å². The number of anilines is 1. The van der Waals surface area contributed by atoms with Crippen molar-refractivity contribution in [2.24, 2.45) is 5.92 Å². The molecule has 0 N–H and O–H groups in total. The maximum absolute atomic E-state index is 4.57. The molecular formula is C17H19N5. The Hall–Kier alpha value is -2.43. The highest BCUT2D eigenvalue weighted by atomic mass is 15.3. The van der Waals surface area contributed by atoms with Gasteiger partial charge in [-0.3, -0.25) is 4.40 Å². The molecule has 2 aromatic heterocycles. The summed E-state index contributed by atoms with van der Waals surface area (Å²) in [5.41, 5.74) is 1.91. The van der Waals surface area contributed by atoms with Crippen molar-refractivity contribution in [1.29, 1.82) is 0 Å². The lowest BCUT2D eigenvalue weighted by molar-refractivity contribution is 0.437. The molecule has 0 bridgehead atoms. The Morgan fingerprint density at radius 1 is 1.05 bits per heavy atom.